The van der Waals surface area contributed by atoms with Crippen LogP contribution in [0.25, 0.3) is 0 Å². The average Bonchev–Trinajstić information content (AvgIpc) is 2.72. The molecule has 3 aliphatic rings. The van der Waals surface area contributed by atoms with Gasteiger partial charge in [0.2, 0.25) is 0 Å². The van der Waals surface area contributed by atoms with E-state index in [0.717, 1.165) is 51.2 Å². The van der Waals surface area contributed by atoms with E-state index in [1.807, 2.05) is 0 Å². The molecule has 4 rings (SSSR count). The summed E-state index contributed by atoms with van der Waals surface area (Å²) in [5.74, 6) is 0.900. The third-order valence-electron chi connectivity index (χ3n) is 7.64. The fourth-order valence-corrected chi connectivity index (χ4v) is 5.58. The van der Waals surface area contributed by atoms with Crippen molar-refractivity contribution in [3.63, 3.8) is 0 Å². The van der Waals surface area contributed by atoms with Gasteiger partial charge in [-0.05, 0) is 56.6 Å². The molecule has 0 N–H and O–H groups in total. The lowest BCUT2D eigenvalue weighted by Crippen LogP contribution is -2.50. The minimum Gasteiger partial charge on any atom is -0.469 e. The lowest BCUT2D eigenvalue weighted by Gasteiger charge is -2.50. The quantitative estimate of drug-likeness (QED) is 0.684. The van der Waals surface area contributed by atoms with Crippen LogP contribution in [0.1, 0.15) is 50.2 Å². The van der Waals surface area contributed by atoms with E-state index in [2.05, 4.69) is 55.1 Å². The molecule has 1 aromatic carbocycles. The van der Waals surface area contributed by atoms with Crippen LogP contribution in [0, 0.1) is 17.3 Å². The maximum Gasteiger partial charge on any atom is 0.312 e. The molecule has 0 spiro atoms. The second-order valence-electron chi connectivity index (χ2n) is 9.06. The second-order valence-corrected chi connectivity index (χ2v) is 9.06. The molecule has 1 saturated carbocycles. The Kier molecular flexibility index (Phi) is 6.59. The Balaban J connectivity index is 0.00000240. The first kappa shape index (κ1) is 22.1. The highest BCUT2D eigenvalue weighted by molar-refractivity contribution is 6.03. The molecule has 29 heavy (non-hydrogen) atoms. The molecule has 0 radical (unpaired) electrons. The molecule has 1 aromatic rings. The Morgan fingerprint density at radius 1 is 1.17 bits per heavy atom. The molecular formula is C23H34ClN3O2. The summed E-state index contributed by atoms with van der Waals surface area (Å²) < 4.78 is 5.30. The summed E-state index contributed by atoms with van der Waals surface area (Å²) in [5, 5.41) is 7.33. The van der Waals surface area contributed by atoms with Crippen LogP contribution in [0.5, 0.6) is 0 Å². The number of likely N-dealkylation sites (N-methyl/N-ethyl adjacent to an activating group) is 1. The Morgan fingerprint density at radius 2 is 1.86 bits per heavy atom. The van der Waals surface area contributed by atoms with E-state index in [1.54, 1.807) is 0 Å². The first-order valence-corrected chi connectivity index (χ1v) is 10.6. The largest absolute Gasteiger partial charge is 0.469 e. The van der Waals surface area contributed by atoms with Gasteiger partial charge in [-0.3, -0.25) is 9.80 Å². The van der Waals surface area contributed by atoms with Gasteiger partial charge >= 0.3 is 5.97 Å². The van der Waals surface area contributed by atoms with E-state index >= 15 is 0 Å². The highest BCUT2D eigenvalue weighted by Gasteiger charge is 2.54. The number of esters is 1. The van der Waals surface area contributed by atoms with Crippen LogP contribution >= 0.6 is 12.4 Å². The van der Waals surface area contributed by atoms with Gasteiger partial charge in [0.1, 0.15) is 0 Å². The van der Waals surface area contributed by atoms with Crippen molar-refractivity contribution in [2.45, 2.75) is 39.0 Å². The van der Waals surface area contributed by atoms with E-state index in [9.17, 15) is 4.79 Å². The minimum absolute atomic E-state index is 0. The number of methoxy groups -OCH3 is 1. The Morgan fingerprint density at radius 3 is 2.55 bits per heavy atom. The van der Waals surface area contributed by atoms with Crippen LogP contribution in [0.2, 0.25) is 0 Å². The van der Waals surface area contributed by atoms with Crippen molar-refractivity contribution < 1.29 is 9.53 Å². The van der Waals surface area contributed by atoms with Gasteiger partial charge < -0.3 is 9.64 Å². The molecule has 5 nitrogen and oxygen atoms in total. The van der Waals surface area contributed by atoms with E-state index in [0.29, 0.717) is 11.8 Å². The number of benzene rings is 1. The second kappa shape index (κ2) is 8.65. The molecule has 0 bridgehead atoms. The summed E-state index contributed by atoms with van der Waals surface area (Å²) >= 11 is 0. The van der Waals surface area contributed by atoms with Gasteiger partial charge in [-0.2, -0.15) is 5.10 Å². The van der Waals surface area contributed by atoms with Gasteiger partial charge in [-0.25, -0.2) is 0 Å². The Labute approximate surface area is 180 Å². The summed E-state index contributed by atoms with van der Waals surface area (Å²) in [6, 6.07) is 8.71. The molecule has 1 heterocycles. The van der Waals surface area contributed by atoms with Crippen molar-refractivity contribution in [2.75, 3.05) is 40.3 Å². The normalized spacial score (nSPS) is 33.4. The molecule has 2 aliphatic carbocycles. The maximum absolute atomic E-state index is 12.9. The molecule has 1 saturated heterocycles. The van der Waals surface area contributed by atoms with E-state index in [4.69, 9.17) is 9.84 Å². The zero-order valence-corrected chi connectivity index (χ0v) is 18.9. The Bertz CT molecular complexity index is 775. The van der Waals surface area contributed by atoms with Crippen molar-refractivity contribution in [3.05, 3.63) is 35.4 Å². The van der Waals surface area contributed by atoms with Crippen molar-refractivity contribution >= 4 is 24.1 Å². The zero-order valence-electron chi connectivity index (χ0n) is 18.1. The van der Waals surface area contributed by atoms with Gasteiger partial charge in [-0.15, -0.1) is 12.4 Å². The molecule has 0 aromatic heterocycles. The summed E-state index contributed by atoms with van der Waals surface area (Å²) in [6.07, 6.45) is 3.05. The first-order valence-electron chi connectivity index (χ1n) is 10.6. The van der Waals surface area contributed by atoms with Gasteiger partial charge in [0.05, 0.1) is 18.2 Å². The number of halogens is 1. The smallest absolute Gasteiger partial charge is 0.312 e. The van der Waals surface area contributed by atoms with Crippen molar-refractivity contribution in [2.24, 2.45) is 22.4 Å². The van der Waals surface area contributed by atoms with Gasteiger partial charge in [0.25, 0.3) is 0 Å². The number of hydrogen-bond acceptors (Lipinski definition) is 5. The Hall–Kier alpha value is -1.59. The predicted octanol–water partition coefficient (Wildman–Crippen LogP) is 3.77. The molecule has 0 amide bonds. The summed E-state index contributed by atoms with van der Waals surface area (Å²) in [6.45, 7) is 8.34. The number of carbonyl (C=O) groups is 1. The predicted molar refractivity (Wildman–Crippen MR) is 119 cm³/mol. The fraction of sp³-hybridized carbons (Fsp3) is 0.652. The average molecular weight is 420 g/mol. The third kappa shape index (κ3) is 3.79. The van der Waals surface area contributed by atoms with E-state index in [-0.39, 0.29) is 24.3 Å². The monoisotopic (exact) mass is 419 g/mol. The number of rotatable bonds is 2. The maximum atomic E-state index is 12.9. The topological polar surface area (TPSA) is 45.1 Å². The molecule has 6 heteroatoms. The number of carbonyl (C=O) groups excluding carboxylic acids is 1. The molecule has 4 atom stereocenters. The van der Waals surface area contributed by atoms with Crippen LogP contribution in [-0.4, -0.2) is 61.9 Å². The van der Waals surface area contributed by atoms with Crippen LogP contribution in [-0.2, 0) is 9.53 Å². The molecule has 4 unspecified atom stereocenters. The highest BCUT2D eigenvalue weighted by Crippen LogP contribution is 2.56. The first-order chi connectivity index (χ1) is 13.4. The number of piperazine rings is 1. The number of ether oxygens (including phenoxy) is 1. The van der Waals surface area contributed by atoms with E-state index < -0.39 is 5.41 Å². The van der Waals surface area contributed by atoms with Gasteiger partial charge in [0, 0.05) is 31.7 Å². The number of nitrogens with zero attached hydrogens (tertiary/aromatic N) is 3. The van der Waals surface area contributed by atoms with Crippen molar-refractivity contribution in [1.29, 1.82) is 0 Å². The standard InChI is InChI=1S/C23H33N3O2.ClH/c1-16-9-10-18-17-7-5-6-8-19(17)21(24-26-13-11-25(3)12-14-26)15-20(18)23(16,2)22(27)28-4;/h5-8,16,18,20H,9-15H2,1-4H3;1H. The number of fused-ring (bicyclic) bond motifs is 3. The number of hydrogen-bond donors (Lipinski definition) is 0. The minimum atomic E-state index is -0.464. The third-order valence-corrected chi connectivity index (χ3v) is 7.64. The van der Waals surface area contributed by atoms with Crippen LogP contribution in [0.15, 0.2) is 29.4 Å². The summed E-state index contributed by atoms with van der Waals surface area (Å²) in [7, 11) is 3.69. The van der Waals surface area contributed by atoms with Gasteiger partial charge in [-0.1, -0.05) is 31.2 Å². The molecule has 1 aliphatic heterocycles. The highest BCUT2D eigenvalue weighted by atomic mass is 35.5. The van der Waals surface area contributed by atoms with Crippen LogP contribution in [0.3, 0.4) is 0 Å². The van der Waals surface area contributed by atoms with Crippen LogP contribution < -0.4 is 0 Å². The molecule has 160 valence electrons. The fourth-order valence-electron chi connectivity index (χ4n) is 5.58. The molecular weight excluding hydrogens is 386 g/mol. The van der Waals surface area contributed by atoms with Crippen molar-refractivity contribution in [3.8, 4) is 0 Å². The SMILES string of the molecule is COC(=O)C1(C)C(C)CCC2c3ccccc3C(=NN3CCN(C)CC3)CC21.Cl. The molecule has 2 fully saturated rings. The summed E-state index contributed by atoms with van der Waals surface area (Å²) in [4.78, 5) is 15.3. The zero-order chi connectivity index (χ0) is 19.9. The summed E-state index contributed by atoms with van der Waals surface area (Å²) in [5.41, 5.74) is 3.33. The lowest BCUT2D eigenvalue weighted by atomic mass is 9.53. The van der Waals surface area contributed by atoms with Gasteiger partial charge in [0.15, 0.2) is 0 Å². The van der Waals surface area contributed by atoms with E-state index in [1.165, 1.54) is 18.2 Å². The van der Waals surface area contributed by atoms with Crippen molar-refractivity contribution in [1.82, 2.24) is 9.91 Å². The van der Waals surface area contributed by atoms with Crippen LogP contribution in [0.4, 0.5) is 0 Å². The number of hydrazone groups is 1. The lowest BCUT2D eigenvalue weighted by molar-refractivity contribution is -0.162.